The molecule has 3 heteroatoms. The van der Waals surface area contributed by atoms with Crippen LogP contribution in [-0.2, 0) is 6.54 Å². The molecule has 0 radical (unpaired) electrons. The minimum Gasteiger partial charge on any atom is -0.308 e. The molecule has 3 nitrogen and oxygen atoms in total. The second kappa shape index (κ2) is 6.69. The first-order valence-corrected chi connectivity index (χ1v) is 6.48. The predicted molar refractivity (Wildman–Crippen MR) is 68.4 cm³/mol. The second-order valence-electron chi connectivity index (χ2n) is 4.44. The molecule has 0 aliphatic carbocycles. The number of hydrogen-bond donors (Lipinski definition) is 1. The summed E-state index contributed by atoms with van der Waals surface area (Å²) in [5.41, 5.74) is 1.15. The van der Waals surface area contributed by atoms with E-state index >= 15 is 0 Å². The minimum atomic E-state index is 0.502. The molecule has 0 fully saturated rings. The van der Waals surface area contributed by atoms with Gasteiger partial charge in [-0.25, -0.2) is 0 Å². The fourth-order valence-corrected chi connectivity index (χ4v) is 1.73. The smallest absolute Gasteiger partial charge is 0.0762 e. The van der Waals surface area contributed by atoms with Gasteiger partial charge in [-0.15, -0.1) is 0 Å². The van der Waals surface area contributed by atoms with Gasteiger partial charge in [0.1, 0.15) is 0 Å². The Hall–Kier alpha value is -0.830. The average molecular weight is 223 g/mol. The maximum atomic E-state index is 4.58. The molecule has 1 rings (SSSR count). The molecule has 1 atom stereocenters. The van der Waals surface area contributed by atoms with Crippen LogP contribution in [0.4, 0.5) is 0 Å². The highest BCUT2D eigenvalue weighted by Crippen LogP contribution is 2.09. The van der Waals surface area contributed by atoms with Crippen molar-refractivity contribution in [1.29, 1.82) is 0 Å². The first-order valence-electron chi connectivity index (χ1n) is 6.48. The average Bonchev–Trinajstić information content (AvgIpc) is 2.78. The lowest BCUT2D eigenvalue weighted by molar-refractivity contribution is 0.455. The van der Waals surface area contributed by atoms with Crippen molar-refractivity contribution in [2.45, 2.75) is 65.6 Å². The van der Waals surface area contributed by atoms with Gasteiger partial charge in [0, 0.05) is 24.8 Å². The molecule has 0 aliphatic heterocycles. The standard InChI is InChI=1S/C13H25N3/c1-5-11(4)16-9-8-13(15-16)10-14-12(6-2)7-3/h8-9,11-12,14H,5-7,10H2,1-4H3. The lowest BCUT2D eigenvalue weighted by Crippen LogP contribution is -2.27. The van der Waals surface area contributed by atoms with Crippen LogP contribution in [-0.4, -0.2) is 15.8 Å². The van der Waals surface area contributed by atoms with E-state index in [2.05, 4.69) is 55.1 Å². The summed E-state index contributed by atoms with van der Waals surface area (Å²) in [6.45, 7) is 9.72. The molecule has 0 saturated carbocycles. The van der Waals surface area contributed by atoms with Gasteiger partial charge < -0.3 is 5.32 Å². The summed E-state index contributed by atoms with van der Waals surface area (Å²) in [4.78, 5) is 0. The molecule has 1 N–H and O–H groups in total. The van der Waals surface area contributed by atoms with Crippen molar-refractivity contribution in [3.05, 3.63) is 18.0 Å². The van der Waals surface area contributed by atoms with Crippen LogP contribution in [0.3, 0.4) is 0 Å². The van der Waals surface area contributed by atoms with E-state index in [1.807, 2.05) is 0 Å². The summed E-state index contributed by atoms with van der Waals surface area (Å²) >= 11 is 0. The third-order valence-electron chi connectivity index (χ3n) is 3.26. The lowest BCUT2D eigenvalue weighted by Gasteiger charge is -2.13. The third kappa shape index (κ3) is 3.63. The topological polar surface area (TPSA) is 29.9 Å². The van der Waals surface area contributed by atoms with E-state index in [4.69, 9.17) is 0 Å². The summed E-state index contributed by atoms with van der Waals surface area (Å²) in [5.74, 6) is 0. The van der Waals surface area contributed by atoms with Gasteiger partial charge in [0.05, 0.1) is 5.69 Å². The Bertz CT molecular complexity index is 289. The Morgan fingerprint density at radius 3 is 2.50 bits per heavy atom. The second-order valence-corrected chi connectivity index (χ2v) is 4.44. The van der Waals surface area contributed by atoms with Gasteiger partial charge in [-0.2, -0.15) is 5.10 Å². The van der Waals surface area contributed by atoms with Crippen LogP contribution in [0.2, 0.25) is 0 Å². The molecule has 16 heavy (non-hydrogen) atoms. The molecule has 1 heterocycles. The van der Waals surface area contributed by atoms with Crippen molar-refractivity contribution in [2.75, 3.05) is 0 Å². The molecule has 1 aromatic heterocycles. The molecule has 0 bridgehead atoms. The highest BCUT2D eigenvalue weighted by atomic mass is 15.3. The molecule has 1 unspecified atom stereocenters. The summed E-state index contributed by atoms with van der Waals surface area (Å²) in [5, 5.41) is 8.11. The van der Waals surface area contributed by atoms with Crippen LogP contribution in [0.15, 0.2) is 12.3 Å². The van der Waals surface area contributed by atoms with Gasteiger partial charge in [0.2, 0.25) is 0 Å². The summed E-state index contributed by atoms with van der Waals surface area (Å²) in [7, 11) is 0. The molecule has 0 aromatic carbocycles. The molecular weight excluding hydrogens is 198 g/mol. The van der Waals surface area contributed by atoms with E-state index < -0.39 is 0 Å². The summed E-state index contributed by atoms with van der Waals surface area (Å²) in [6, 6.07) is 3.23. The van der Waals surface area contributed by atoms with Crippen LogP contribution in [0.25, 0.3) is 0 Å². The van der Waals surface area contributed by atoms with Gasteiger partial charge in [-0.3, -0.25) is 4.68 Å². The third-order valence-corrected chi connectivity index (χ3v) is 3.26. The minimum absolute atomic E-state index is 0.502. The van der Waals surface area contributed by atoms with Crippen molar-refractivity contribution < 1.29 is 0 Å². The molecule has 92 valence electrons. The quantitative estimate of drug-likeness (QED) is 0.769. The van der Waals surface area contributed by atoms with Crippen LogP contribution in [0, 0.1) is 0 Å². The van der Waals surface area contributed by atoms with E-state index in [0.29, 0.717) is 12.1 Å². The summed E-state index contributed by atoms with van der Waals surface area (Å²) in [6.07, 6.45) is 5.57. The highest BCUT2D eigenvalue weighted by Gasteiger charge is 2.06. The monoisotopic (exact) mass is 223 g/mol. The molecule has 0 amide bonds. The molecular formula is C13H25N3. The molecule has 0 aliphatic rings. The largest absolute Gasteiger partial charge is 0.308 e. The van der Waals surface area contributed by atoms with Crippen molar-refractivity contribution in [3.8, 4) is 0 Å². The van der Waals surface area contributed by atoms with Crippen LogP contribution in [0.1, 0.15) is 58.7 Å². The van der Waals surface area contributed by atoms with Crippen molar-refractivity contribution in [1.82, 2.24) is 15.1 Å². The fourth-order valence-electron chi connectivity index (χ4n) is 1.73. The zero-order valence-electron chi connectivity index (χ0n) is 11.0. The van der Waals surface area contributed by atoms with Crippen molar-refractivity contribution >= 4 is 0 Å². The Kier molecular flexibility index (Phi) is 5.53. The van der Waals surface area contributed by atoms with Gasteiger partial charge in [-0.05, 0) is 32.3 Å². The number of nitrogens with zero attached hydrogens (tertiary/aromatic N) is 2. The van der Waals surface area contributed by atoms with Gasteiger partial charge in [-0.1, -0.05) is 20.8 Å². The van der Waals surface area contributed by atoms with Gasteiger partial charge >= 0.3 is 0 Å². The van der Waals surface area contributed by atoms with E-state index in [1.165, 1.54) is 12.8 Å². The van der Waals surface area contributed by atoms with Gasteiger partial charge in [0.15, 0.2) is 0 Å². The molecule has 0 saturated heterocycles. The zero-order valence-corrected chi connectivity index (χ0v) is 11.0. The first kappa shape index (κ1) is 13.2. The number of nitrogens with one attached hydrogen (secondary N) is 1. The van der Waals surface area contributed by atoms with Crippen molar-refractivity contribution in [3.63, 3.8) is 0 Å². The number of hydrogen-bond acceptors (Lipinski definition) is 2. The normalized spacial score (nSPS) is 13.3. The lowest BCUT2D eigenvalue weighted by atomic mass is 10.2. The Balaban J connectivity index is 2.46. The van der Waals surface area contributed by atoms with E-state index in [1.54, 1.807) is 0 Å². The maximum Gasteiger partial charge on any atom is 0.0762 e. The van der Waals surface area contributed by atoms with Crippen LogP contribution < -0.4 is 5.32 Å². The van der Waals surface area contributed by atoms with E-state index in [0.717, 1.165) is 18.7 Å². The Morgan fingerprint density at radius 2 is 1.94 bits per heavy atom. The van der Waals surface area contributed by atoms with Crippen LogP contribution >= 0.6 is 0 Å². The Labute approximate surface area is 99.2 Å². The van der Waals surface area contributed by atoms with E-state index in [-0.39, 0.29) is 0 Å². The zero-order chi connectivity index (χ0) is 12.0. The SMILES string of the molecule is CCC(CC)NCc1ccn(C(C)CC)n1. The fraction of sp³-hybridized carbons (Fsp3) is 0.769. The number of rotatable bonds is 7. The predicted octanol–water partition coefficient (Wildman–Crippen LogP) is 3.13. The Morgan fingerprint density at radius 1 is 1.25 bits per heavy atom. The van der Waals surface area contributed by atoms with Crippen LogP contribution in [0.5, 0.6) is 0 Å². The summed E-state index contributed by atoms with van der Waals surface area (Å²) < 4.78 is 2.06. The van der Waals surface area contributed by atoms with E-state index in [9.17, 15) is 0 Å². The maximum absolute atomic E-state index is 4.58. The number of aromatic nitrogens is 2. The molecule has 1 aromatic rings. The van der Waals surface area contributed by atoms with Crippen molar-refractivity contribution in [2.24, 2.45) is 0 Å². The molecule has 0 spiro atoms. The first-order chi connectivity index (χ1) is 7.71. The van der Waals surface area contributed by atoms with Gasteiger partial charge in [0.25, 0.3) is 0 Å². The highest BCUT2D eigenvalue weighted by molar-refractivity contribution is 4.99.